The molecule has 0 spiro atoms. The summed E-state index contributed by atoms with van der Waals surface area (Å²) in [5.74, 6) is -0.211. The summed E-state index contributed by atoms with van der Waals surface area (Å²) in [6.45, 7) is 5.64. The first-order valence-corrected chi connectivity index (χ1v) is 3.69. The molecule has 0 rings (SSSR count). The highest BCUT2D eigenvalue weighted by atomic mass is 16.5. The quantitative estimate of drug-likeness (QED) is 0.575. The Balaban J connectivity index is 0. The Morgan fingerprint density at radius 3 is 2.09 bits per heavy atom. The van der Waals surface area contributed by atoms with E-state index in [1.165, 1.54) is 6.92 Å². The number of unbranched alkanes of at least 4 members (excludes halogenated alkanes) is 1. The highest BCUT2D eigenvalue weighted by Gasteiger charge is 1.81. The maximum atomic E-state index is 9.82. The largest absolute Gasteiger partial charge is 0.466 e. The molecule has 0 aliphatic heterocycles. The molecule has 0 atom stereocenters. The van der Waals surface area contributed by atoms with E-state index in [1.807, 2.05) is 13.0 Å². The van der Waals surface area contributed by atoms with E-state index < -0.39 is 0 Å². The average molecular weight is 157 g/mol. The van der Waals surface area contributed by atoms with E-state index in [4.69, 9.17) is 5.26 Å². The molecule has 0 radical (unpaired) electrons. The molecule has 0 N–H and O–H groups in total. The lowest BCUT2D eigenvalue weighted by Crippen LogP contribution is -1.95. The van der Waals surface area contributed by atoms with Crippen molar-refractivity contribution < 1.29 is 9.53 Å². The van der Waals surface area contributed by atoms with Crippen molar-refractivity contribution in [1.29, 1.82) is 5.26 Å². The van der Waals surface area contributed by atoms with Crippen LogP contribution in [0.3, 0.4) is 0 Å². The van der Waals surface area contributed by atoms with Gasteiger partial charge in [0.15, 0.2) is 0 Å². The lowest BCUT2D eigenvalue weighted by molar-refractivity contribution is -0.140. The second-order valence-corrected chi connectivity index (χ2v) is 1.83. The van der Waals surface area contributed by atoms with Crippen LogP contribution in [0, 0.1) is 11.3 Å². The highest BCUT2D eigenvalue weighted by Crippen LogP contribution is 1.77. The van der Waals surface area contributed by atoms with E-state index in [1.54, 1.807) is 6.92 Å². The van der Waals surface area contributed by atoms with Crippen LogP contribution in [0.2, 0.25) is 0 Å². The summed E-state index contributed by atoms with van der Waals surface area (Å²) in [6, 6.07) is 2.02. The molecule has 11 heavy (non-hydrogen) atoms. The zero-order valence-electron chi connectivity index (χ0n) is 7.39. The van der Waals surface area contributed by atoms with Gasteiger partial charge in [0.1, 0.15) is 0 Å². The van der Waals surface area contributed by atoms with Gasteiger partial charge in [-0.2, -0.15) is 5.26 Å². The van der Waals surface area contributed by atoms with Crippen LogP contribution in [0.4, 0.5) is 0 Å². The van der Waals surface area contributed by atoms with Crippen molar-refractivity contribution in [1.82, 2.24) is 0 Å². The van der Waals surface area contributed by atoms with Gasteiger partial charge in [0.2, 0.25) is 0 Å². The number of carbonyl (C=O) groups is 1. The molecule has 0 aliphatic rings. The first kappa shape index (κ1) is 12.6. The fourth-order valence-electron chi connectivity index (χ4n) is 0.315. The smallest absolute Gasteiger partial charge is 0.302 e. The molecule has 0 saturated carbocycles. The van der Waals surface area contributed by atoms with E-state index in [0.717, 1.165) is 6.42 Å². The van der Waals surface area contributed by atoms with E-state index in [0.29, 0.717) is 13.0 Å². The number of nitriles is 1. The molecule has 0 unspecified atom stereocenters. The molecule has 0 aromatic rings. The van der Waals surface area contributed by atoms with Crippen LogP contribution in [-0.4, -0.2) is 12.6 Å². The minimum atomic E-state index is -0.211. The molecule has 0 fully saturated rings. The number of ether oxygens (including phenoxy) is 1. The molecule has 0 aromatic heterocycles. The van der Waals surface area contributed by atoms with Crippen LogP contribution >= 0.6 is 0 Å². The second-order valence-electron chi connectivity index (χ2n) is 1.83. The summed E-state index contributed by atoms with van der Waals surface area (Å²) in [4.78, 5) is 9.82. The van der Waals surface area contributed by atoms with E-state index in [9.17, 15) is 4.79 Å². The van der Waals surface area contributed by atoms with Crippen LogP contribution < -0.4 is 0 Å². The minimum Gasteiger partial charge on any atom is -0.466 e. The van der Waals surface area contributed by atoms with Crippen molar-refractivity contribution in [2.75, 3.05) is 6.61 Å². The number of hydrogen-bond acceptors (Lipinski definition) is 3. The summed E-state index contributed by atoms with van der Waals surface area (Å²) in [5, 5.41) is 7.82. The molecule has 0 aliphatic carbocycles. The molecule has 64 valence electrons. The van der Waals surface area contributed by atoms with Crippen molar-refractivity contribution in [3.05, 3.63) is 0 Å². The number of hydrogen-bond donors (Lipinski definition) is 0. The molecule has 0 saturated heterocycles. The normalized spacial score (nSPS) is 7.09. The van der Waals surface area contributed by atoms with Crippen LogP contribution in [0.25, 0.3) is 0 Å². The first-order valence-electron chi connectivity index (χ1n) is 3.69. The number of carbonyl (C=O) groups excluding carboxylic acids is 1. The predicted molar refractivity (Wildman–Crippen MR) is 42.8 cm³/mol. The van der Waals surface area contributed by atoms with Gasteiger partial charge in [-0.15, -0.1) is 0 Å². The van der Waals surface area contributed by atoms with Crippen molar-refractivity contribution in [2.45, 2.75) is 33.6 Å². The van der Waals surface area contributed by atoms with E-state index in [-0.39, 0.29) is 5.97 Å². The Labute approximate surface area is 68.0 Å². The molecule has 3 nitrogen and oxygen atoms in total. The first-order chi connectivity index (χ1) is 5.18. The fraction of sp³-hybridized carbons (Fsp3) is 0.750. The Kier molecular flexibility index (Phi) is 13.4. The standard InChI is InChI=1S/C4H7N.C4H8O2/c1-2-3-4-5;1-3-6-4(2)5/h2-3H2,1H3;3H2,1-2H3. The minimum absolute atomic E-state index is 0.211. The third kappa shape index (κ3) is 27.7. The lowest BCUT2D eigenvalue weighted by atomic mass is 10.4. The maximum Gasteiger partial charge on any atom is 0.302 e. The summed E-state index contributed by atoms with van der Waals surface area (Å²) >= 11 is 0. The van der Waals surface area contributed by atoms with E-state index >= 15 is 0 Å². The molecule has 0 amide bonds. The molecule has 0 heterocycles. The van der Waals surface area contributed by atoms with Crippen LogP contribution in [0.15, 0.2) is 0 Å². The van der Waals surface area contributed by atoms with Gasteiger partial charge in [0.05, 0.1) is 12.7 Å². The van der Waals surface area contributed by atoms with Crippen molar-refractivity contribution >= 4 is 5.97 Å². The molecular formula is C8H15NO2. The summed E-state index contributed by atoms with van der Waals surface area (Å²) in [6.07, 6.45) is 1.68. The zero-order chi connectivity index (χ0) is 9.11. The van der Waals surface area contributed by atoms with Gasteiger partial charge in [-0.05, 0) is 13.3 Å². The Morgan fingerprint density at radius 1 is 1.55 bits per heavy atom. The monoisotopic (exact) mass is 157 g/mol. The highest BCUT2D eigenvalue weighted by molar-refractivity contribution is 5.65. The number of rotatable bonds is 2. The number of esters is 1. The molecular weight excluding hydrogens is 142 g/mol. The summed E-state index contributed by atoms with van der Waals surface area (Å²) in [7, 11) is 0. The summed E-state index contributed by atoms with van der Waals surface area (Å²) < 4.78 is 4.40. The van der Waals surface area contributed by atoms with Gasteiger partial charge >= 0.3 is 5.97 Å². The van der Waals surface area contributed by atoms with Crippen molar-refractivity contribution in [3.8, 4) is 6.07 Å². The van der Waals surface area contributed by atoms with Gasteiger partial charge < -0.3 is 4.74 Å². The van der Waals surface area contributed by atoms with Gasteiger partial charge in [-0.3, -0.25) is 4.79 Å². The van der Waals surface area contributed by atoms with Crippen LogP contribution in [0.1, 0.15) is 33.6 Å². The van der Waals surface area contributed by atoms with Gasteiger partial charge in [-0.1, -0.05) is 6.92 Å². The molecule has 0 bridgehead atoms. The summed E-state index contributed by atoms with van der Waals surface area (Å²) in [5.41, 5.74) is 0. The second kappa shape index (κ2) is 11.7. The van der Waals surface area contributed by atoms with Crippen LogP contribution in [0.5, 0.6) is 0 Å². The number of nitrogens with zero attached hydrogens (tertiary/aromatic N) is 1. The lowest BCUT2D eigenvalue weighted by Gasteiger charge is -1.89. The SMILES string of the molecule is CCCC#N.CCOC(C)=O. The molecule has 3 heteroatoms. The maximum absolute atomic E-state index is 9.82. The van der Waals surface area contributed by atoms with Gasteiger partial charge in [0.25, 0.3) is 0 Å². The van der Waals surface area contributed by atoms with Crippen LogP contribution in [-0.2, 0) is 9.53 Å². The Morgan fingerprint density at radius 2 is 2.09 bits per heavy atom. The Bertz CT molecular complexity index is 127. The Hall–Kier alpha value is -1.04. The van der Waals surface area contributed by atoms with Crippen molar-refractivity contribution in [2.24, 2.45) is 0 Å². The zero-order valence-corrected chi connectivity index (χ0v) is 7.39. The topological polar surface area (TPSA) is 50.1 Å². The fourth-order valence-corrected chi connectivity index (χ4v) is 0.315. The van der Waals surface area contributed by atoms with Gasteiger partial charge in [-0.25, -0.2) is 0 Å². The van der Waals surface area contributed by atoms with E-state index in [2.05, 4.69) is 4.74 Å². The third-order valence-corrected chi connectivity index (χ3v) is 0.709. The predicted octanol–water partition coefficient (Wildman–Crippen LogP) is 1.88. The average Bonchev–Trinajstić information content (AvgIpc) is 1.90. The third-order valence-electron chi connectivity index (χ3n) is 0.709. The van der Waals surface area contributed by atoms with Crippen molar-refractivity contribution in [3.63, 3.8) is 0 Å². The molecule has 0 aromatic carbocycles. The van der Waals surface area contributed by atoms with Gasteiger partial charge in [0, 0.05) is 13.3 Å².